The molecule has 0 fully saturated rings. The van der Waals surface area contributed by atoms with Gasteiger partial charge in [0.25, 0.3) is 0 Å². The summed E-state index contributed by atoms with van der Waals surface area (Å²) >= 11 is 0. The fraction of sp³-hybridized carbons (Fsp3) is 0.900. The van der Waals surface area contributed by atoms with Crippen LogP contribution in [0.1, 0.15) is 39.0 Å². The third kappa shape index (κ3) is 6.86. The van der Waals surface area contributed by atoms with Crippen molar-refractivity contribution >= 4 is 5.97 Å². The summed E-state index contributed by atoms with van der Waals surface area (Å²) < 4.78 is 5.06. The van der Waals surface area contributed by atoms with Crippen LogP contribution in [0.4, 0.5) is 0 Å². The molecule has 0 aromatic rings. The van der Waals surface area contributed by atoms with Crippen molar-refractivity contribution in [3.63, 3.8) is 0 Å². The molecule has 0 saturated carbocycles. The Kier molecular flexibility index (Phi) is 8.57. The van der Waals surface area contributed by atoms with Crippen LogP contribution in [0.5, 0.6) is 0 Å². The van der Waals surface area contributed by atoms with Crippen LogP contribution in [0, 0.1) is 0 Å². The zero-order valence-corrected chi connectivity index (χ0v) is 9.26. The number of ether oxygens (including phenoxy) is 1. The zero-order chi connectivity index (χ0) is 10.8. The molecular weight excluding hydrogens is 180 g/mol. The highest BCUT2D eigenvalue weighted by molar-refractivity contribution is 5.73. The quantitative estimate of drug-likeness (QED) is 0.407. The van der Waals surface area contributed by atoms with Crippen LogP contribution in [-0.4, -0.2) is 25.2 Å². The Balaban J connectivity index is 3.44. The maximum Gasteiger partial charge on any atom is 0.364 e. The third-order valence-electron chi connectivity index (χ3n) is 2.13. The number of esters is 1. The van der Waals surface area contributed by atoms with Crippen LogP contribution in [0.3, 0.4) is 0 Å². The number of carbonyl (C=O) groups excluding carboxylic acids is 1. The van der Waals surface area contributed by atoms with Crippen molar-refractivity contribution in [3.05, 3.63) is 0 Å². The minimum Gasteiger partial charge on any atom is -0.461 e. The predicted octanol–water partition coefficient (Wildman–Crippen LogP) is -0.648. The molecule has 0 aliphatic carbocycles. The van der Waals surface area contributed by atoms with Gasteiger partial charge in [-0.3, -0.25) is 0 Å². The molecular formula is C10H24N2O2+2. The summed E-state index contributed by atoms with van der Waals surface area (Å²) in [7, 11) is 0. The Labute approximate surface area is 86.0 Å². The SMILES string of the molecule is CCCCOC(=O)[C@H]([NH3+])CCCC[NH3+]. The van der Waals surface area contributed by atoms with Gasteiger partial charge in [0.05, 0.1) is 13.2 Å². The first-order valence-corrected chi connectivity index (χ1v) is 5.51. The largest absolute Gasteiger partial charge is 0.461 e. The van der Waals surface area contributed by atoms with E-state index in [-0.39, 0.29) is 12.0 Å². The van der Waals surface area contributed by atoms with Gasteiger partial charge in [-0.2, -0.15) is 0 Å². The molecule has 0 rings (SSSR count). The number of rotatable bonds is 8. The summed E-state index contributed by atoms with van der Waals surface area (Å²) in [5.41, 5.74) is 7.55. The van der Waals surface area contributed by atoms with E-state index in [0.717, 1.165) is 38.6 Å². The van der Waals surface area contributed by atoms with E-state index in [1.165, 1.54) is 0 Å². The second-order valence-corrected chi connectivity index (χ2v) is 3.57. The molecule has 1 atom stereocenters. The number of hydrogen-bond acceptors (Lipinski definition) is 2. The van der Waals surface area contributed by atoms with Crippen LogP contribution >= 0.6 is 0 Å². The van der Waals surface area contributed by atoms with Crippen molar-refractivity contribution in [2.75, 3.05) is 13.2 Å². The van der Waals surface area contributed by atoms with Gasteiger partial charge in [0.15, 0.2) is 6.04 Å². The zero-order valence-electron chi connectivity index (χ0n) is 9.26. The normalized spacial score (nSPS) is 12.5. The summed E-state index contributed by atoms with van der Waals surface area (Å²) in [5.74, 6) is -0.150. The lowest BCUT2D eigenvalue weighted by Gasteiger charge is -2.07. The van der Waals surface area contributed by atoms with Crippen molar-refractivity contribution in [1.29, 1.82) is 0 Å². The van der Waals surface area contributed by atoms with E-state index in [1.54, 1.807) is 0 Å². The molecule has 0 unspecified atom stereocenters. The van der Waals surface area contributed by atoms with Crippen molar-refractivity contribution in [2.24, 2.45) is 0 Å². The molecule has 0 saturated heterocycles. The lowest BCUT2D eigenvalue weighted by molar-refractivity contribution is -0.410. The molecule has 0 aliphatic rings. The van der Waals surface area contributed by atoms with Crippen molar-refractivity contribution in [1.82, 2.24) is 0 Å². The molecule has 0 spiro atoms. The van der Waals surface area contributed by atoms with Crippen LogP contribution in [-0.2, 0) is 9.53 Å². The smallest absolute Gasteiger partial charge is 0.364 e. The maximum atomic E-state index is 11.3. The molecule has 0 heterocycles. The highest BCUT2D eigenvalue weighted by Crippen LogP contribution is 1.99. The second-order valence-electron chi connectivity index (χ2n) is 3.57. The second kappa shape index (κ2) is 8.97. The van der Waals surface area contributed by atoms with E-state index < -0.39 is 0 Å². The summed E-state index contributed by atoms with van der Waals surface area (Å²) in [4.78, 5) is 11.3. The Morgan fingerprint density at radius 3 is 2.64 bits per heavy atom. The fourth-order valence-corrected chi connectivity index (χ4v) is 1.12. The van der Waals surface area contributed by atoms with Crippen molar-refractivity contribution < 1.29 is 21.0 Å². The van der Waals surface area contributed by atoms with E-state index in [2.05, 4.69) is 18.4 Å². The van der Waals surface area contributed by atoms with Gasteiger partial charge in [-0.1, -0.05) is 13.3 Å². The Morgan fingerprint density at radius 1 is 1.36 bits per heavy atom. The van der Waals surface area contributed by atoms with Crippen molar-refractivity contribution in [2.45, 2.75) is 45.1 Å². The summed E-state index contributed by atoms with van der Waals surface area (Å²) in [6.07, 6.45) is 4.89. The van der Waals surface area contributed by atoms with E-state index in [1.807, 2.05) is 0 Å². The van der Waals surface area contributed by atoms with Crippen molar-refractivity contribution in [3.8, 4) is 0 Å². The molecule has 0 aromatic heterocycles. The maximum absolute atomic E-state index is 11.3. The van der Waals surface area contributed by atoms with Crippen LogP contribution in [0.25, 0.3) is 0 Å². The van der Waals surface area contributed by atoms with Gasteiger partial charge in [-0.15, -0.1) is 0 Å². The van der Waals surface area contributed by atoms with Crippen LogP contribution in [0.2, 0.25) is 0 Å². The highest BCUT2D eigenvalue weighted by Gasteiger charge is 2.17. The average molecular weight is 204 g/mol. The van der Waals surface area contributed by atoms with Gasteiger partial charge in [0.1, 0.15) is 0 Å². The van der Waals surface area contributed by atoms with Gasteiger partial charge in [0.2, 0.25) is 0 Å². The summed E-state index contributed by atoms with van der Waals surface area (Å²) in [6, 6.07) is -0.196. The number of hydrogen-bond donors (Lipinski definition) is 2. The first kappa shape index (κ1) is 13.4. The lowest BCUT2D eigenvalue weighted by Crippen LogP contribution is -2.65. The molecule has 0 aromatic carbocycles. The molecule has 14 heavy (non-hydrogen) atoms. The fourth-order valence-electron chi connectivity index (χ4n) is 1.12. The average Bonchev–Trinajstić information content (AvgIpc) is 2.18. The number of unbranched alkanes of at least 4 members (excludes halogenated alkanes) is 2. The van der Waals surface area contributed by atoms with Crippen LogP contribution in [0.15, 0.2) is 0 Å². The predicted molar refractivity (Wildman–Crippen MR) is 54.1 cm³/mol. The molecule has 6 N–H and O–H groups in total. The molecule has 4 heteroatoms. The lowest BCUT2D eigenvalue weighted by atomic mass is 10.1. The van der Waals surface area contributed by atoms with E-state index in [4.69, 9.17) is 4.74 Å². The monoisotopic (exact) mass is 204 g/mol. The standard InChI is InChI=1S/C10H22N2O2/c1-2-3-8-14-10(13)9(12)6-4-5-7-11/h9H,2-8,11-12H2,1H3/p+2/t9-/m1/s1. The minimum atomic E-state index is -0.196. The third-order valence-corrected chi connectivity index (χ3v) is 2.13. The summed E-state index contributed by atoms with van der Waals surface area (Å²) in [6.45, 7) is 3.54. The van der Waals surface area contributed by atoms with Gasteiger partial charge < -0.3 is 16.2 Å². The molecule has 84 valence electrons. The highest BCUT2D eigenvalue weighted by atomic mass is 16.5. The topological polar surface area (TPSA) is 81.6 Å². The Bertz CT molecular complexity index is 151. The van der Waals surface area contributed by atoms with E-state index >= 15 is 0 Å². The Morgan fingerprint density at radius 2 is 2.07 bits per heavy atom. The van der Waals surface area contributed by atoms with E-state index in [9.17, 15) is 4.79 Å². The minimum absolute atomic E-state index is 0.150. The molecule has 0 bridgehead atoms. The van der Waals surface area contributed by atoms with Crippen LogP contribution < -0.4 is 11.5 Å². The Hall–Kier alpha value is -0.610. The molecule has 0 radical (unpaired) electrons. The number of quaternary nitrogens is 2. The molecule has 0 aliphatic heterocycles. The summed E-state index contributed by atoms with van der Waals surface area (Å²) in [5, 5.41) is 0. The van der Waals surface area contributed by atoms with Gasteiger partial charge in [-0.05, 0) is 19.3 Å². The first-order valence-electron chi connectivity index (χ1n) is 5.51. The first-order chi connectivity index (χ1) is 6.72. The number of carbonyl (C=O) groups is 1. The van der Waals surface area contributed by atoms with E-state index in [0.29, 0.717) is 6.61 Å². The molecule has 4 nitrogen and oxygen atoms in total. The molecule has 0 amide bonds. The van der Waals surface area contributed by atoms with Gasteiger partial charge in [-0.25, -0.2) is 4.79 Å². The van der Waals surface area contributed by atoms with Gasteiger partial charge >= 0.3 is 5.97 Å². The van der Waals surface area contributed by atoms with Gasteiger partial charge in [0, 0.05) is 6.42 Å².